The molecule has 0 N–H and O–H groups in total. The second-order valence-corrected chi connectivity index (χ2v) is 34.5. The molecular formula is C15H41NO5Si6. The molecule has 0 heterocycles. The van der Waals surface area contributed by atoms with Gasteiger partial charge in [-0.2, -0.15) is 4.99 Å². The Morgan fingerprint density at radius 1 is 0.852 bits per heavy atom. The standard InChI is InChI=1S/C15H41NO5Si6/c1-11-16-14(17)18-13-12-15(22-19-25(2,3)4,23-20-26(5,6)7)24-21-27(8,9)10/h11H,12-13,22-24H2,1-10H3. The quantitative estimate of drug-likeness (QED) is 0.315. The molecule has 0 aliphatic rings. The minimum atomic E-state index is -1.60. The number of carbonyl (C=O) groups is 1. The first-order chi connectivity index (χ1) is 12.1. The van der Waals surface area contributed by atoms with Crippen LogP contribution in [0.25, 0.3) is 0 Å². The highest BCUT2D eigenvalue weighted by Crippen LogP contribution is 2.31. The molecule has 1 amide bonds. The molecule has 0 fully saturated rings. The molecule has 0 aliphatic heterocycles. The lowest BCUT2D eigenvalue weighted by Gasteiger charge is -2.38. The van der Waals surface area contributed by atoms with Gasteiger partial charge in [-0.15, -0.1) is 0 Å². The first-order valence-corrected chi connectivity index (χ1v) is 23.7. The van der Waals surface area contributed by atoms with Crippen LogP contribution in [0.3, 0.4) is 0 Å². The van der Waals surface area contributed by atoms with Crippen molar-refractivity contribution in [3.05, 3.63) is 0 Å². The molecule has 0 saturated carbocycles. The smallest absolute Gasteiger partial charge is 0.433 e. The number of ether oxygens (including phenoxy) is 1. The van der Waals surface area contributed by atoms with Crippen LogP contribution in [0.2, 0.25) is 63.2 Å². The summed E-state index contributed by atoms with van der Waals surface area (Å²) in [6.45, 7) is 22.2. The Morgan fingerprint density at radius 3 is 1.52 bits per heavy atom. The maximum absolute atomic E-state index is 11.6. The summed E-state index contributed by atoms with van der Waals surface area (Å²) in [5.74, 6) is 0. The Hall–Kier alpha value is 0.321. The van der Waals surface area contributed by atoms with Gasteiger partial charge in [0.15, 0.2) is 54.2 Å². The van der Waals surface area contributed by atoms with E-state index in [1.807, 2.05) is 0 Å². The fourth-order valence-corrected chi connectivity index (χ4v) is 18.2. The van der Waals surface area contributed by atoms with Gasteiger partial charge in [-0.1, -0.05) is 0 Å². The van der Waals surface area contributed by atoms with Crippen LogP contribution < -0.4 is 0 Å². The molecule has 6 nitrogen and oxygen atoms in total. The minimum absolute atomic E-state index is 0.0804. The van der Waals surface area contributed by atoms with Crippen molar-refractivity contribution >= 4 is 66.5 Å². The molecule has 160 valence electrons. The topological polar surface area (TPSA) is 66.4 Å². The van der Waals surface area contributed by atoms with Gasteiger partial charge >= 0.3 is 6.09 Å². The van der Waals surface area contributed by atoms with E-state index < -0.39 is 60.3 Å². The van der Waals surface area contributed by atoms with Crippen LogP contribution in [-0.4, -0.2) is 73.2 Å². The zero-order valence-electron chi connectivity index (χ0n) is 19.1. The second-order valence-electron chi connectivity index (χ2n) is 9.95. The van der Waals surface area contributed by atoms with Crippen molar-refractivity contribution < 1.29 is 21.9 Å². The summed E-state index contributed by atoms with van der Waals surface area (Å²) in [4.78, 5) is 15.3. The van der Waals surface area contributed by atoms with Crippen LogP contribution in [0.1, 0.15) is 13.3 Å². The molecule has 0 aromatic rings. The van der Waals surface area contributed by atoms with Crippen LogP contribution in [0.4, 0.5) is 4.79 Å². The van der Waals surface area contributed by atoms with Crippen molar-refractivity contribution in [3.63, 3.8) is 0 Å². The molecule has 0 unspecified atom stereocenters. The third-order valence-corrected chi connectivity index (χ3v) is 22.2. The molecule has 0 aromatic heterocycles. The van der Waals surface area contributed by atoms with Crippen molar-refractivity contribution in [1.29, 1.82) is 0 Å². The monoisotopic (exact) mass is 483 g/mol. The highest BCUT2D eigenvalue weighted by Gasteiger charge is 2.38. The van der Waals surface area contributed by atoms with Gasteiger partial charge in [0, 0.05) is 10.5 Å². The molecule has 27 heavy (non-hydrogen) atoms. The van der Waals surface area contributed by atoms with E-state index in [1.165, 1.54) is 6.21 Å². The maximum Gasteiger partial charge on any atom is 0.433 e. The Kier molecular flexibility index (Phi) is 11.6. The summed E-state index contributed by atoms with van der Waals surface area (Å²) < 4.78 is 24.8. The van der Waals surface area contributed by atoms with Gasteiger partial charge in [0.05, 0.1) is 6.61 Å². The number of nitrogens with zero attached hydrogens (tertiary/aromatic N) is 1. The minimum Gasteiger partial charge on any atom is -0.461 e. The van der Waals surface area contributed by atoms with Crippen molar-refractivity contribution in [1.82, 2.24) is 0 Å². The van der Waals surface area contributed by atoms with E-state index in [0.29, 0.717) is 6.61 Å². The predicted molar refractivity (Wildman–Crippen MR) is 132 cm³/mol. The third-order valence-electron chi connectivity index (χ3n) is 3.53. The normalized spacial score (nSPS) is 17.1. The van der Waals surface area contributed by atoms with Gasteiger partial charge < -0.3 is 17.1 Å². The van der Waals surface area contributed by atoms with Gasteiger partial charge in [0.25, 0.3) is 0 Å². The van der Waals surface area contributed by atoms with E-state index in [0.717, 1.165) is 6.42 Å². The largest absolute Gasteiger partial charge is 0.461 e. The van der Waals surface area contributed by atoms with Gasteiger partial charge in [0.1, 0.15) is 0 Å². The average molecular weight is 484 g/mol. The molecule has 0 radical (unpaired) electrons. The number of hydrogen-bond donors (Lipinski definition) is 0. The zero-order chi connectivity index (χ0) is 21.4. The van der Waals surface area contributed by atoms with Crippen molar-refractivity contribution in [2.24, 2.45) is 4.99 Å². The van der Waals surface area contributed by atoms with E-state index in [4.69, 9.17) is 17.1 Å². The lowest BCUT2D eigenvalue weighted by molar-refractivity contribution is 0.155. The average Bonchev–Trinajstić information content (AvgIpc) is 2.46. The van der Waals surface area contributed by atoms with E-state index in [9.17, 15) is 4.79 Å². The number of amides is 1. The van der Waals surface area contributed by atoms with E-state index in [2.05, 4.69) is 63.9 Å². The lowest BCUT2D eigenvalue weighted by atomic mass is 10.5. The summed E-state index contributed by atoms with van der Waals surface area (Å²) in [6.07, 6.45) is 1.76. The molecule has 0 aliphatic carbocycles. The van der Waals surface area contributed by atoms with Crippen LogP contribution >= 0.6 is 0 Å². The molecular weight excluding hydrogens is 443 g/mol. The van der Waals surface area contributed by atoms with Crippen LogP contribution in [0.15, 0.2) is 4.99 Å². The molecule has 0 rings (SSSR count). The summed E-state index contributed by atoms with van der Waals surface area (Å²) in [7, 11) is -7.30. The van der Waals surface area contributed by atoms with E-state index in [-0.39, 0.29) is 4.28 Å². The van der Waals surface area contributed by atoms with Crippen LogP contribution in [0.5, 0.6) is 0 Å². The van der Waals surface area contributed by atoms with Gasteiger partial charge in [-0.3, -0.25) is 0 Å². The molecule has 0 aromatic carbocycles. The number of rotatable bonds is 12. The molecule has 12 heteroatoms. The van der Waals surface area contributed by atoms with Crippen LogP contribution in [-0.2, 0) is 17.1 Å². The fourth-order valence-electron chi connectivity index (χ4n) is 1.95. The Bertz CT molecular complexity index is 439. The summed E-state index contributed by atoms with van der Waals surface area (Å²) in [5.41, 5.74) is 0. The molecule has 0 atom stereocenters. The second kappa shape index (κ2) is 11.5. The predicted octanol–water partition coefficient (Wildman–Crippen LogP) is 2.48. The van der Waals surface area contributed by atoms with Crippen molar-refractivity contribution in [2.75, 3.05) is 6.61 Å². The van der Waals surface area contributed by atoms with Gasteiger partial charge in [-0.25, -0.2) is 4.79 Å². The molecule has 0 spiro atoms. The first kappa shape index (κ1) is 27.3. The molecule has 0 bridgehead atoms. The number of hydrogen-bond acceptors (Lipinski definition) is 5. The molecule has 0 saturated heterocycles. The lowest BCUT2D eigenvalue weighted by Crippen LogP contribution is -2.47. The summed E-state index contributed by atoms with van der Waals surface area (Å²) in [6, 6.07) is 0. The zero-order valence-corrected chi connectivity index (χ0v) is 26.3. The SMILES string of the molecule is CC=NC(=O)OCCC([SiH2]O[Si](C)(C)C)([SiH2]O[Si](C)(C)C)[SiH2]O[Si](C)(C)C. The first-order valence-electron chi connectivity index (χ1n) is 9.65. The summed E-state index contributed by atoms with van der Waals surface area (Å²) >= 11 is 0. The fraction of sp³-hybridized carbons (Fsp3) is 0.867. The summed E-state index contributed by atoms with van der Waals surface area (Å²) in [5, 5.41) is 0. The van der Waals surface area contributed by atoms with Gasteiger partial charge in [0.2, 0.25) is 0 Å². The third kappa shape index (κ3) is 15.9. The highest BCUT2D eigenvalue weighted by atomic mass is 28.4. The number of carbonyl (C=O) groups excluding carboxylic acids is 1. The number of aliphatic imine (C=N–C) groups is 1. The highest BCUT2D eigenvalue weighted by molar-refractivity contribution is 6.86. The Morgan fingerprint density at radius 2 is 1.22 bits per heavy atom. The van der Waals surface area contributed by atoms with Crippen molar-refractivity contribution in [3.8, 4) is 0 Å². The van der Waals surface area contributed by atoms with E-state index >= 15 is 0 Å². The van der Waals surface area contributed by atoms with E-state index in [1.54, 1.807) is 6.92 Å². The van der Waals surface area contributed by atoms with Crippen molar-refractivity contribution in [2.45, 2.75) is 76.6 Å². The van der Waals surface area contributed by atoms with Crippen LogP contribution in [0, 0.1) is 0 Å². The Balaban J connectivity index is 5.35. The van der Waals surface area contributed by atoms with Gasteiger partial charge in [-0.05, 0) is 72.3 Å². The maximum atomic E-state index is 11.6. The Labute approximate surface area is 176 Å².